The normalized spacial score (nSPS) is 22.6. The number of hydrogen-bond acceptors (Lipinski definition) is 4. The largest absolute Gasteiger partial charge is 0.480 e. The van der Waals surface area contributed by atoms with Gasteiger partial charge in [-0.05, 0) is 30.2 Å². The first kappa shape index (κ1) is 20.0. The first-order chi connectivity index (χ1) is 13.4. The molecule has 1 aliphatic rings. The molecule has 3 rings (SSSR count). The van der Waals surface area contributed by atoms with Crippen LogP contribution in [0.5, 0.6) is 0 Å². The van der Waals surface area contributed by atoms with Crippen molar-refractivity contribution in [3.8, 4) is 0 Å². The van der Waals surface area contributed by atoms with Crippen molar-refractivity contribution >= 4 is 11.9 Å². The first-order valence-electron chi connectivity index (χ1n) is 9.26. The molecule has 1 aliphatic heterocycles. The van der Waals surface area contributed by atoms with Crippen LogP contribution in [0.15, 0.2) is 54.6 Å². The van der Waals surface area contributed by atoms with Gasteiger partial charge in [0, 0.05) is 24.8 Å². The molecule has 2 aromatic carbocycles. The monoisotopic (exact) mass is 385 g/mol. The summed E-state index contributed by atoms with van der Waals surface area (Å²) < 4.78 is 13.2. The maximum atomic E-state index is 13.2. The van der Waals surface area contributed by atoms with E-state index in [1.165, 1.54) is 12.1 Å². The molecular weight excluding hydrogens is 361 g/mol. The number of rotatable bonds is 7. The Morgan fingerprint density at radius 3 is 2.43 bits per heavy atom. The minimum absolute atomic E-state index is 0.00166. The zero-order valence-electron chi connectivity index (χ0n) is 15.6. The number of hydrogen-bond donors (Lipinski definition) is 4. The number of carbonyl (C=O) groups is 2. The second-order valence-electron chi connectivity index (χ2n) is 7.12. The van der Waals surface area contributed by atoms with Gasteiger partial charge in [0.2, 0.25) is 5.91 Å². The van der Waals surface area contributed by atoms with E-state index < -0.39 is 12.0 Å². The molecule has 4 atom stereocenters. The van der Waals surface area contributed by atoms with Gasteiger partial charge in [0.15, 0.2) is 0 Å². The number of nitrogens with one attached hydrogen (secondary N) is 3. The van der Waals surface area contributed by atoms with Crippen molar-refractivity contribution in [3.63, 3.8) is 0 Å². The minimum atomic E-state index is -1.07. The third-order valence-electron chi connectivity index (χ3n) is 5.10. The molecule has 0 saturated carbocycles. The maximum Gasteiger partial charge on any atom is 0.326 e. The molecule has 7 heteroatoms. The molecule has 0 bridgehead atoms. The van der Waals surface area contributed by atoms with Crippen LogP contribution in [0, 0.1) is 11.7 Å². The Morgan fingerprint density at radius 2 is 1.79 bits per heavy atom. The lowest BCUT2D eigenvalue weighted by molar-refractivity contribution is -0.141. The van der Waals surface area contributed by atoms with Crippen molar-refractivity contribution < 1.29 is 19.1 Å². The molecule has 0 aromatic heterocycles. The summed E-state index contributed by atoms with van der Waals surface area (Å²) in [6.45, 7) is 1.95. The molecule has 2 aromatic rings. The number of carbonyl (C=O) groups excluding carboxylic acids is 1. The van der Waals surface area contributed by atoms with Crippen molar-refractivity contribution in [2.45, 2.75) is 37.9 Å². The van der Waals surface area contributed by atoms with E-state index in [9.17, 15) is 19.1 Å². The Bertz CT molecular complexity index is 813. The molecule has 6 nitrogen and oxygen atoms in total. The zero-order chi connectivity index (χ0) is 20.1. The summed E-state index contributed by atoms with van der Waals surface area (Å²) in [5.74, 6) is -1.81. The average Bonchev–Trinajstić information content (AvgIpc) is 3.03. The molecule has 1 amide bonds. The van der Waals surface area contributed by atoms with E-state index >= 15 is 0 Å². The molecule has 148 valence electrons. The SMILES string of the molecule is CC1NNC(c2ccc(F)cc2)C1CC(=O)N[C@@H](Cc1ccccc1)C(=O)O. The Balaban J connectivity index is 1.65. The van der Waals surface area contributed by atoms with Crippen molar-refractivity contribution in [1.82, 2.24) is 16.2 Å². The van der Waals surface area contributed by atoms with E-state index in [1.54, 1.807) is 12.1 Å². The zero-order valence-corrected chi connectivity index (χ0v) is 15.6. The third kappa shape index (κ3) is 4.94. The van der Waals surface area contributed by atoms with Crippen molar-refractivity contribution in [1.29, 1.82) is 0 Å². The second kappa shape index (κ2) is 8.95. The molecule has 0 spiro atoms. The molecule has 1 heterocycles. The van der Waals surface area contributed by atoms with Crippen LogP contribution >= 0.6 is 0 Å². The summed E-state index contributed by atoms with van der Waals surface area (Å²) >= 11 is 0. The quantitative estimate of drug-likeness (QED) is 0.587. The van der Waals surface area contributed by atoms with Gasteiger partial charge in [-0.15, -0.1) is 0 Å². The van der Waals surface area contributed by atoms with Crippen LogP contribution in [0.25, 0.3) is 0 Å². The van der Waals surface area contributed by atoms with Crippen molar-refractivity contribution in [2.75, 3.05) is 0 Å². The van der Waals surface area contributed by atoms with E-state index in [-0.39, 0.29) is 42.6 Å². The topological polar surface area (TPSA) is 90.5 Å². The fraction of sp³-hybridized carbons (Fsp3) is 0.333. The highest BCUT2D eigenvalue weighted by atomic mass is 19.1. The standard InChI is InChI=1S/C21H24FN3O3/c1-13-17(20(25-24-13)15-7-9-16(22)10-8-15)12-19(26)23-18(21(27)28)11-14-5-3-2-4-6-14/h2-10,13,17-18,20,24-25H,11-12H2,1H3,(H,23,26)(H,27,28)/t13?,17?,18-,20?/m0/s1. The Morgan fingerprint density at radius 1 is 1.11 bits per heavy atom. The number of carboxylic acids is 1. The predicted molar refractivity (Wildman–Crippen MR) is 103 cm³/mol. The summed E-state index contributed by atoms with van der Waals surface area (Å²) in [7, 11) is 0. The summed E-state index contributed by atoms with van der Waals surface area (Å²) in [5.41, 5.74) is 7.97. The Labute approximate surface area is 163 Å². The van der Waals surface area contributed by atoms with Gasteiger partial charge >= 0.3 is 5.97 Å². The molecule has 0 aliphatic carbocycles. The van der Waals surface area contributed by atoms with Crippen molar-refractivity contribution in [3.05, 3.63) is 71.5 Å². The lowest BCUT2D eigenvalue weighted by Crippen LogP contribution is -2.43. The number of halogens is 1. The molecule has 28 heavy (non-hydrogen) atoms. The maximum absolute atomic E-state index is 13.2. The van der Waals surface area contributed by atoms with Crippen LogP contribution in [0.3, 0.4) is 0 Å². The highest BCUT2D eigenvalue weighted by molar-refractivity contribution is 5.84. The van der Waals surface area contributed by atoms with E-state index in [2.05, 4.69) is 16.2 Å². The lowest BCUT2D eigenvalue weighted by Gasteiger charge is -2.22. The van der Waals surface area contributed by atoms with E-state index in [0.717, 1.165) is 11.1 Å². The Kier molecular flexibility index (Phi) is 6.38. The van der Waals surface area contributed by atoms with Gasteiger partial charge in [-0.25, -0.2) is 14.6 Å². The fourth-order valence-corrected chi connectivity index (χ4v) is 3.54. The van der Waals surface area contributed by atoms with Gasteiger partial charge in [-0.2, -0.15) is 0 Å². The molecule has 4 N–H and O–H groups in total. The second-order valence-corrected chi connectivity index (χ2v) is 7.12. The van der Waals surface area contributed by atoms with Crippen molar-refractivity contribution in [2.24, 2.45) is 5.92 Å². The third-order valence-corrected chi connectivity index (χ3v) is 5.10. The van der Waals surface area contributed by atoms with Crippen LogP contribution < -0.4 is 16.2 Å². The van der Waals surface area contributed by atoms with Gasteiger partial charge in [-0.1, -0.05) is 42.5 Å². The van der Waals surface area contributed by atoms with E-state index in [4.69, 9.17) is 0 Å². The van der Waals surface area contributed by atoms with Crippen LogP contribution in [-0.2, 0) is 16.0 Å². The number of benzene rings is 2. The van der Waals surface area contributed by atoms with Gasteiger partial charge in [-0.3, -0.25) is 10.2 Å². The first-order valence-corrected chi connectivity index (χ1v) is 9.26. The molecule has 1 saturated heterocycles. The summed E-state index contributed by atoms with van der Waals surface area (Å²) in [6.07, 6.45) is 0.377. The minimum Gasteiger partial charge on any atom is -0.480 e. The fourth-order valence-electron chi connectivity index (χ4n) is 3.54. The van der Waals surface area contributed by atoms with E-state index in [1.807, 2.05) is 37.3 Å². The molecule has 3 unspecified atom stereocenters. The smallest absolute Gasteiger partial charge is 0.326 e. The molecule has 1 fully saturated rings. The average molecular weight is 385 g/mol. The summed E-state index contributed by atoms with van der Waals surface area (Å²) in [5, 5.41) is 12.1. The lowest BCUT2D eigenvalue weighted by atomic mass is 9.87. The number of carboxylic acid groups (broad SMARTS) is 1. The number of hydrazine groups is 1. The van der Waals surface area contributed by atoms with Crippen LogP contribution in [-0.4, -0.2) is 29.1 Å². The molecular formula is C21H24FN3O3. The van der Waals surface area contributed by atoms with Gasteiger partial charge < -0.3 is 10.4 Å². The van der Waals surface area contributed by atoms with E-state index in [0.29, 0.717) is 0 Å². The summed E-state index contributed by atoms with van der Waals surface area (Å²) in [4.78, 5) is 24.2. The predicted octanol–water partition coefficient (Wildman–Crippen LogP) is 2.18. The summed E-state index contributed by atoms with van der Waals surface area (Å²) in [6, 6.07) is 14.2. The van der Waals surface area contributed by atoms with Gasteiger partial charge in [0.1, 0.15) is 11.9 Å². The van der Waals surface area contributed by atoms with Crippen LogP contribution in [0.4, 0.5) is 4.39 Å². The highest BCUT2D eigenvalue weighted by Gasteiger charge is 2.36. The van der Waals surface area contributed by atoms with Crippen LogP contribution in [0.1, 0.15) is 30.5 Å². The van der Waals surface area contributed by atoms with Crippen LogP contribution in [0.2, 0.25) is 0 Å². The highest BCUT2D eigenvalue weighted by Crippen LogP contribution is 2.31. The number of amides is 1. The van der Waals surface area contributed by atoms with Gasteiger partial charge in [0.05, 0.1) is 6.04 Å². The Hall–Kier alpha value is -2.77. The number of aliphatic carboxylic acids is 1. The molecule has 0 radical (unpaired) electrons. The van der Waals surface area contributed by atoms with Gasteiger partial charge in [0.25, 0.3) is 0 Å².